The molecule has 0 atom stereocenters. The van der Waals surface area contributed by atoms with Gasteiger partial charge in [-0.2, -0.15) is 0 Å². The van der Waals surface area contributed by atoms with Gasteiger partial charge in [0.1, 0.15) is 0 Å². The monoisotopic (exact) mass is 683 g/mol. The number of benzene rings is 1. The number of likely N-dealkylation sites (tertiary alicyclic amines) is 1. The van der Waals surface area contributed by atoms with Crippen molar-refractivity contribution in [1.29, 1.82) is 0 Å². The number of amides is 1. The number of nitrogens with one attached hydrogen (secondary N) is 1. The highest BCUT2D eigenvalue weighted by Gasteiger charge is 2.39. The molecule has 2 N–H and O–H groups in total. The Balaban J connectivity index is 1.10. The molecule has 1 aliphatic carbocycles. The fourth-order valence-electron chi connectivity index (χ4n) is 6.41. The lowest BCUT2D eigenvalue weighted by Crippen LogP contribution is -2.55. The van der Waals surface area contributed by atoms with E-state index in [2.05, 4.69) is 30.0 Å². The van der Waals surface area contributed by atoms with Gasteiger partial charge in [0.05, 0.1) is 30.6 Å². The van der Waals surface area contributed by atoms with Gasteiger partial charge in [0.2, 0.25) is 11.8 Å². The number of carboxylic acids is 1. The highest BCUT2D eigenvalue weighted by atomic mass is 35.5. The Labute approximate surface area is 284 Å². The fraction of sp³-hybridized carbons (Fsp3) is 0.485. The summed E-state index contributed by atoms with van der Waals surface area (Å²) in [6.07, 6.45) is 6.26. The van der Waals surface area contributed by atoms with Gasteiger partial charge in [-0.1, -0.05) is 23.2 Å². The van der Waals surface area contributed by atoms with Crippen LogP contribution < -0.4 is 15.0 Å². The number of carbonyl (C=O) groups is 2. The maximum Gasteiger partial charge on any atom is 0.406 e. The van der Waals surface area contributed by atoms with Gasteiger partial charge in [0.15, 0.2) is 5.75 Å². The van der Waals surface area contributed by atoms with Crippen molar-refractivity contribution in [2.24, 2.45) is 11.8 Å². The number of ether oxygens (including phenoxy) is 2. The summed E-state index contributed by atoms with van der Waals surface area (Å²) >= 11 is 12.7. The molecule has 0 radical (unpaired) electrons. The van der Waals surface area contributed by atoms with E-state index in [1.54, 1.807) is 25.5 Å². The Hall–Kier alpha value is -3.71. The van der Waals surface area contributed by atoms with E-state index in [9.17, 15) is 14.7 Å². The molecule has 1 amide bonds. The van der Waals surface area contributed by atoms with Crippen molar-refractivity contribution < 1.29 is 24.2 Å². The van der Waals surface area contributed by atoms with E-state index in [-0.39, 0.29) is 5.92 Å². The van der Waals surface area contributed by atoms with Crippen LogP contribution in [0, 0.1) is 11.8 Å². The van der Waals surface area contributed by atoms with E-state index >= 15 is 0 Å². The van der Waals surface area contributed by atoms with E-state index in [4.69, 9.17) is 37.7 Å². The lowest BCUT2D eigenvalue weighted by molar-refractivity contribution is -0.147. The van der Waals surface area contributed by atoms with Gasteiger partial charge in [0.25, 0.3) is 0 Å². The van der Waals surface area contributed by atoms with Crippen molar-refractivity contribution in [1.82, 2.24) is 30.1 Å². The molecule has 2 saturated heterocycles. The number of carboxylic acid groups (broad SMARTS) is 1. The first-order chi connectivity index (χ1) is 22.7. The Kier molecular flexibility index (Phi) is 10.6. The normalized spacial score (nSPS) is 20.8. The van der Waals surface area contributed by atoms with Crippen LogP contribution in [0.2, 0.25) is 10.0 Å². The number of alkyl carbamates (subject to hydrolysis) is 1. The molecule has 6 rings (SSSR count). The number of aromatic nitrogens is 3. The van der Waals surface area contributed by atoms with Gasteiger partial charge >= 0.3 is 12.1 Å². The number of nitrogens with zero attached hydrogens (tertiary/aromatic N) is 6. The van der Waals surface area contributed by atoms with Gasteiger partial charge in [-0.25, -0.2) is 19.7 Å². The molecule has 47 heavy (non-hydrogen) atoms. The maximum atomic E-state index is 11.5. The van der Waals surface area contributed by atoms with Crippen LogP contribution in [0.25, 0.3) is 11.3 Å². The third kappa shape index (κ3) is 8.61. The van der Waals surface area contributed by atoms with Crippen molar-refractivity contribution in [3.05, 3.63) is 58.3 Å². The van der Waals surface area contributed by atoms with Crippen LogP contribution in [0.5, 0.6) is 11.6 Å². The van der Waals surface area contributed by atoms with Crippen LogP contribution in [0.15, 0.2) is 42.7 Å². The molecule has 0 spiro atoms. The number of piperidine rings is 1. The second-order valence-corrected chi connectivity index (χ2v) is 13.3. The zero-order valence-corrected chi connectivity index (χ0v) is 27.8. The minimum atomic E-state index is -0.689. The Morgan fingerprint density at radius 3 is 2.28 bits per heavy atom. The smallest absolute Gasteiger partial charge is 0.406 e. The average molecular weight is 685 g/mol. The largest absolute Gasteiger partial charge is 0.481 e. The predicted molar refractivity (Wildman–Crippen MR) is 178 cm³/mol. The van der Waals surface area contributed by atoms with E-state index in [0.29, 0.717) is 58.4 Å². The number of hydrogen-bond donors (Lipinski definition) is 2. The molecule has 0 unspecified atom stereocenters. The number of carbonyl (C=O) groups excluding carboxylic acids is 1. The molecule has 1 saturated carbocycles. The Morgan fingerprint density at radius 1 is 0.957 bits per heavy atom. The SMILES string of the molecule is CNC(=O)OCC1CCN(Cc2cc(Oc3cnc(N4CCN(C5CC(C(=O)O)C5)CC4)nc3)nc(-c3cc(Cl)cc(Cl)c3)c2)CC1. The van der Waals surface area contributed by atoms with Crippen molar-refractivity contribution in [3.8, 4) is 22.9 Å². The highest BCUT2D eigenvalue weighted by Crippen LogP contribution is 2.33. The molecule has 12 nitrogen and oxygen atoms in total. The van der Waals surface area contributed by atoms with Crippen LogP contribution in [0.1, 0.15) is 31.2 Å². The maximum absolute atomic E-state index is 11.5. The summed E-state index contributed by atoms with van der Waals surface area (Å²) in [5.74, 6) is 0.958. The summed E-state index contributed by atoms with van der Waals surface area (Å²) in [7, 11) is 1.56. The summed E-state index contributed by atoms with van der Waals surface area (Å²) in [6, 6.07) is 9.65. The summed E-state index contributed by atoms with van der Waals surface area (Å²) in [5, 5.41) is 12.7. The summed E-state index contributed by atoms with van der Waals surface area (Å²) in [6.45, 7) is 6.15. The van der Waals surface area contributed by atoms with Crippen LogP contribution in [0.3, 0.4) is 0 Å². The van der Waals surface area contributed by atoms with E-state index < -0.39 is 12.1 Å². The van der Waals surface area contributed by atoms with Gasteiger partial charge in [0, 0.05) is 67.5 Å². The van der Waals surface area contributed by atoms with Gasteiger partial charge in [-0.15, -0.1) is 0 Å². The van der Waals surface area contributed by atoms with Gasteiger partial charge in [-0.05, 0) is 74.5 Å². The topological polar surface area (TPSA) is 133 Å². The molecule has 1 aromatic carbocycles. The molecule has 250 valence electrons. The summed E-state index contributed by atoms with van der Waals surface area (Å²) in [4.78, 5) is 43.5. The molecule has 3 aromatic rings. The van der Waals surface area contributed by atoms with Gasteiger partial charge < -0.3 is 24.8 Å². The lowest BCUT2D eigenvalue weighted by Gasteiger charge is -2.45. The zero-order valence-electron chi connectivity index (χ0n) is 26.3. The third-order valence-corrected chi connectivity index (χ3v) is 9.64. The summed E-state index contributed by atoms with van der Waals surface area (Å²) in [5.41, 5.74) is 2.50. The number of piperazine rings is 1. The second-order valence-electron chi connectivity index (χ2n) is 12.4. The number of halogens is 2. The predicted octanol–water partition coefficient (Wildman–Crippen LogP) is 5.19. The molecule has 4 heterocycles. The molecular formula is C33H39Cl2N7O5. The fourth-order valence-corrected chi connectivity index (χ4v) is 6.93. The summed E-state index contributed by atoms with van der Waals surface area (Å²) < 4.78 is 11.5. The zero-order chi connectivity index (χ0) is 32.9. The molecule has 2 aliphatic heterocycles. The molecule has 0 bridgehead atoms. The molecular weight excluding hydrogens is 645 g/mol. The van der Waals surface area contributed by atoms with Gasteiger partial charge in [-0.3, -0.25) is 14.6 Å². The first-order valence-electron chi connectivity index (χ1n) is 16.0. The number of aliphatic carboxylic acids is 1. The number of rotatable bonds is 10. The van der Waals surface area contributed by atoms with Crippen molar-refractivity contribution in [2.45, 2.75) is 38.3 Å². The molecule has 2 aromatic heterocycles. The quantitative estimate of drug-likeness (QED) is 0.292. The standard InChI is InChI=1S/C33H39Cl2N7O5/c1-36-33(45)46-20-21-2-4-40(5-3-21)19-22-10-29(23-12-25(34)16-26(35)13-23)39-30(11-22)47-28-17-37-32(38-18-28)42-8-6-41(7-9-42)27-14-24(15-27)31(43)44/h10-13,16-18,21,24,27H,2-9,14-15,19-20H2,1H3,(H,36,45)(H,43,44). The minimum absolute atomic E-state index is 0.205. The molecule has 3 fully saturated rings. The Bertz CT molecular complexity index is 1540. The Morgan fingerprint density at radius 2 is 1.64 bits per heavy atom. The molecule has 3 aliphatic rings. The van der Waals surface area contributed by atoms with Crippen molar-refractivity contribution in [2.75, 3.05) is 57.8 Å². The first-order valence-corrected chi connectivity index (χ1v) is 16.7. The second kappa shape index (κ2) is 15.0. The van der Waals surface area contributed by atoms with Crippen LogP contribution in [-0.2, 0) is 16.1 Å². The lowest BCUT2D eigenvalue weighted by atomic mass is 9.79. The number of anilines is 1. The third-order valence-electron chi connectivity index (χ3n) is 9.20. The van der Waals surface area contributed by atoms with E-state index in [0.717, 1.165) is 76.1 Å². The van der Waals surface area contributed by atoms with Crippen molar-refractivity contribution >= 4 is 41.2 Å². The molecule has 14 heteroatoms. The van der Waals surface area contributed by atoms with E-state index in [1.807, 2.05) is 24.3 Å². The highest BCUT2D eigenvalue weighted by molar-refractivity contribution is 6.35. The van der Waals surface area contributed by atoms with Crippen LogP contribution in [0.4, 0.5) is 10.7 Å². The van der Waals surface area contributed by atoms with Crippen LogP contribution >= 0.6 is 23.2 Å². The average Bonchev–Trinajstić information content (AvgIpc) is 3.03. The van der Waals surface area contributed by atoms with Crippen molar-refractivity contribution in [3.63, 3.8) is 0 Å². The number of pyridine rings is 1. The minimum Gasteiger partial charge on any atom is -0.481 e. The van der Waals surface area contributed by atoms with E-state index in [1.165, 1.54) is 0 Å². The van der Waals surface area contributed by atoms with Crippen LogP contribution in [-0.4, -0.2) is 101 Å². The first kappa shape index (κ1) is 33.2. The number of hydrogen-bond acceptors (Lipinski definition) is 10.